The van der Waals surface area contributed by atoms with Crippen LogP contribution in [0.1, 0.15) is 11.1 Å². The largest absolute Gasteiger partial charge is 0.573 e. The second kappa shape index (κ2) is 6.28. The highest BCUT2D eigenvalue weighted by molar-refractivity contribution is 5.74. The van der Waals surface area contributed by atoms with Crippen molar-refractivity contribution in [1.29, 1.82) is 0 Å². The molecule has 0 saturated carbocycles. The summed E-state index contributed by atoms with van der Waals surface area (Å²) < 4.78 is 88.0. The van der Waals surface area contributed by atoms with Crippen LogP contribution < -0.4 is 9.47 Å². The van der Waals surface area contributed by atoms with Gasteiger partial charge in [-0.05, 0) is 0 Å². The van der Waals surface area contributed by atoms with E-state index in [-0.39, 0.29) is 0 Å². The zero-order valence-corrected chi connectivity index (χ0v) is 11.1. The van der Waals surface area contributed by atoms with Gasteiger partial charge in [0.1, 0.15) is 5.56 Å². The molecule has 124 valence electrons. The normalized spacial score (nSPS) is 12.0. The summed E-state index contributed by atoms with van der Waals surface area (Å²) >= 11 is 0. The van der Waals surface area contributed by atoms with Crippen molar-refractivity contribution in [3.63, 3.8) is 0 Å². The molecule has 0 aliphatic heterocycles. The number of esters is 1. The highest BCUT2D eigenvalue weighted by Crippen LogP contribution is 2.42. The summed E-state index contributed by atoms with van der Waals surface area (Å²) in [6.07, 6.45) is -11.1. The van der Waals surface area contributed by atoms with Gasteiger partial charge in [-0.3, -0.25) is 4.79 Å². The molecule has 0 aromatic carbocycles. The van der Waals surface area contributed by atoms with Gasteiger partial charge in [-0.25, -0.2) is 4.98 Å². The van der Waals surface area contributed by atoms with E-state index in [1.165, 1.54) is 0 Å². The number of methoxy groups -OCH3 is 2. The highest BCUT2D eigenvalue weighted by atomic mass is 19.4. The number of pyridine rings is 1. The third-order valence-electron chi connectivity index (χ3n) is 2.36. The van der Waals surface area contributed by atoms with Gasteiger partial charge in [0.05, 0.1) is 26.8 Å². The second-order valence-electron chi connectivity index (χ2n) is 3.78. The van der Waals surface area contributed by atoms with Crippen LogP contribution in [0.5, 0.6) is 11.6 Å². The Kier molecular flexibility index (Phi) is 5.09. The molecule has 0 aliphatic rings. The molecule has 0 radical (unpaired) electrons. The summed E-state index contributed by atoms with van der Waals surface area (Å²) in [7, 11) is 1.72. The average molecular weight is 333 g/mol. The summed E-state index contributed by atoms with van der Waals surface area (Å²) in [6.45, 7) is 0. The first-order chi connectivity index (χ1) is 9.99. The van der Waals surface area contributed by atoms with Crippen molar-refractivity contribution in [1.82, 2.24) is 4.98 Å². The molecule has 0 unspecified atom stereocenters. The smallest absolute Gasteiger partial charge is 0.481 e. The Bertz CT molecular complexity index is 555. The standard InChI is InChI=1S/C11H9F6NO4/c1-20-7(19)3-5-6(22-11(15,16)17)4-18-9(21-2)8(5)10(12,13)14/h4H,3H2,1-2H3. The Morgan fingerprint density at radius 2 is 1.77 bits per heavy atom. The van der Waals surface area contributed by atoms with Crippen molar-refractivity contribution in [2.75, 3.05) is 14.2 Å². The van der Waals surface area contributed by atoms with Crippen LogP contribution in [0.2, 0.25) is 0 Å². The predicted octanol–water partition coefficient (Wildman–Crippen LogP) is 2.72. The lowest BCUT2D eigenvalue weighted by molar-refractivity contribution is -0.275. The number of halogens is 6. The van der Waals surface area contributed by atoms with E-state index in [9.17, 15) is 31.1 Å². The SMILES string of the molecule is COC(=O)Cc1c(OC(F)(F)F)cnc(OC)c1C(F)(F)F. The molecule has 0 amide bonds. The molecule has 1 heterocycles. The van der Waals surface area contributed by atoms with Crippen molar-refractivity contribution in [2.45, 2.75) is 19.0 Å². The van der Waals surface area contributed by atoms with Crippen molar-refractivity contribution in [2.24, 2.45) is 0 Å². The molecule has 0 N–H and O–H groups in total. The third kappa shape index (κ3) is 4.40. The van der Waals surface area contributed by atoms with E-state index < -0.39 is 47.7 Å². The molecule has 1 aromatic heterocycles. The first-order valence-electron chi connectivity index (χ1n) is 5.45. The second-order valence-corrected chi connectivity index (χ2v) is 3.78. The van der Waals surface area contributed by atoms with Gasteiger partial charge in [-0.2, -0.15) is 13.2 Å². The third-order valence-corrected chi connectivity index (χ3v) is 2.36. The van der Waals surface area contributed by atoms with Gasteiger partial charge in [0.2, 0.25) is 5.88 Å². The maximum Gasteiger partial charge on any atom is 0.573 e. The number of alkyl halides is 6. The summed E-state index contributed by atoms with van der Waals surface area (Å²) in [6, 6.07) is 0. The lowest BCUT2D eigenvalue weighted by Gasteiger charge is -2.19. The lowest BCUT2D eigenvalue weighted by Crippen LogP contribution is -2.22. The summed E-state index contributed by atoms with van der Waals surface area (Å²) in [5.41, 5.74) is -2.72. The van der Waals surface area contributed by atoms with E-state index in [1.54, 1.807) is 0 Å². The number of rotatable bonds is 4. The molecular formula is C11H9F6NO4. The fraction of sp³-hybridized carbons (Fsp3) is 0.455. The molecular weight excluding hydrogens is 324 g/mol. The van der Waals surface area contributed by atoms with Crippen molar-refractivity contribution < 1.29 is 45.3 Å². The molecule has 5 nitrogen and oxygen atoms in total. The first kappa shape index (κ1) is 17.9. The van der Waals surface area contributed by atoms with Crippen LogP contribution in [0.15, 0.2) is 6.20 Å². The quantitative estimate of drug-likeness (QED) is 0.626. The minimum atomic E-state index is -5.26. The van der Waals surface area contributed by atoms with E-state index in [0.29, 0.717) is 6.20 Å². The van der Waals surface area contributed by atoms with Crippen molar-refractivity contribution in [3.05, 3.63) is 17.3 Å². The number of hydrogen-bond acceptors (Lipinski definition) is 5. The first-order valence-corrected chi connectivity index (χ1v) is 5.45. The van der Waals surface area contributed by atoms with Gasteiger partial charge in [-0.1, -0.05) is 0 Å². The van der Waals surface area contributed by atoms with Crippen molar-refractivity contribution >= 4 is 5.97 Å². The summed E-state index contributed by atoms with van der Waals surface area (Å²) in [5.74, 6) is -3.43. The van der Waals surface area contributed by atoms with Gasteiger partial charge in [0.25, 0.3) is 0 Å². The molecule has 0 fully saturated rings. The van der Waals surface area contributed by atoms with Crippen LogP contribution in [0, 0.1) is 0 Å². The number of carbonyl (C=O) groups is 1. The van der Waals surface area contributed by atoms with Crippen LogP contribution in [-0.2, 0) is 22.1 Å². The minimum absolute atomic E-state index is 0.389. The molecule has 0 spiro atoms. The van der Waals surface area contributed by atoms with Crippen LogP contribution >= 0.6 is 0 Å². The summed E-state index contributed by atoms with van der Waals surface area (Å²) in [5, 5.41) is 0. The Hall–Kier alpha value is -2.20. The van der Waals surface area contributed by atoms with Gasteiger partial charge in [0.15, 0.2) is 5.75 Å². The Morgan fingerprint density at radius 1 is 1.18 bits per heavy atom. The Balaban J connectivity index is 3.54. The van der Waals surface area contributed by atoms with Crippen molar-refractivity contribution in [3.8, 4) is 11.6 Å². The van der Waals surface area contributed by atoms with Gasteiger partial charge < -0.3 is 14.2 Å². The molecule has 1 rings (SSSR count). The van der Waals surface area contributed by atoms with Gasteiger partial charge >= 0.3 is 18.5 Å². The molecule has 1 aromatic rings. The van der Waals surface area contributed by atoms with E-state index in [2.05, 4.69) is 19.2 Å². The molecule has 11 heteroatoms. The number of carbonyl (C=O) groups excluding carboxylic acids is 1. The van der Waals surface area contributed by atoms with E-state index in [0.717, 1.165) is 14.2 Å². The monoisotopic (exact) mass is 333 g/mol. The zero-order chi connectivity index (χ0) is 17.1. The maximum absolute atomic E-state index is 13.1. The molecule has 0 aliphatic carbocycles. The van der Waals surface area contributed by atoms with E-state index in [4.69, 9.17) is 0 Å². The number of hydrogen-bond donors (Lipinski definition) is 0. The van der Waals surface area contributed by atoms with Crippen LogP contribution in [-0.4, -0.2) is 31.5 Å². The maximum atomic E-state index is 13.1. The molecule has 0 bridgehead atoms. The number of ether oxygens (including phenoxy) is 3. The van der Waals surface area contributed by atoms with E-state index in [1.807, 2.05) is 0 Å². The highest BCUT2D eigenvalue weighted by Gasteiger charge is 2.42. The zero-order valence-electron chi connectivity index (χ0n) is 11.1. The van der Waals surface area contributed by atoms with E-state index >= 15 is 0 Å². The molecule has 22 heavy (non-hydrogen) atoms. The van der Waals surface area contributed by atoms with Crippen LogP contribution in [0.3, 0.4) is 0 Å². The fourth-order valence-electron chi connectivity index (χ4n) is 1.56. The Morgan fingerprint density at radius 3 is 2.18 bits per heavy atom. The topological polar surface area (TPSA) is 57.7 Å². The average Bonchev–Trinajstić information content (AvgIpc) is 2.37. The fourth-order valence-corrected chi connectivity index (χ4v) is 1.56. The number of aromatic nitrogens is 1. The minimum Gasteiger partial charge on any atom is -0.481 e. The summed E-state index contributed by atoms with van der Waals surface area (Å²) in [4.78, 5) is 14.3. The predicted molar refractivity (Wildman–Crippen MR) is 58.2 cm³/mol. The van der Waals surface area contributed by atoms with Crippen LogP contribution in [0.4, 0.5) is 26.3 Å². The van der Waals surface area contributed by atoms with Crippen LogP contribution in [0.25, 0.3) is 0 Å². The van der Waals surface area contributed by atoms with Gasteiger partial charge in [-0.15, -0.1) is 13.2 Å². The lowest BCUT2D eigenvalue weighted by atomic mass is 10.0. The number of nitrogens with zero attached hydrogens (tertiary/aromatic N) is 1. The molecule has 0 saturated heterocycles. The van der Waals surface area contributed by atoms with Gasteiger partial charge in [0, 0.05) is 5.56 Å². The Labute approximate surface area is 119 Å². The molecule has 0 atom stereocenters.